The third-order valence-corrected chi connectivity index (χ3v) is 0.616. The first-order chi connectivity index (χ1) is 3.72. The van der Waals surface area contributed by atoms with Crippen molar-refractivity contribution in [3.05, 3.63) is 10.9 Å². The third kappa shape index (κ3) is 1.76. The molecule has 5 nitrogen and oxygen atoms in total. The summed E-state index contributed by atoms with van der Waals surface area (Å²) in [6, 6.07) is 0. The SMILES string of the molecule is C=[N+]([N-]C)N(O)[N-]C. The molecule has 0 heterocycles. The van der Waals surface area contributed by atoms with Gasteiger partial charge >= 0.3 is 0 Å². The van der Waals surface area contributed by atoms with Crippen LogP contribution in [0.15, 0.2) is 0 Å². The van der Waals surface area contributed by atoms with Crippen LogP contribution in [0.3, 0.4) is 0 Å². The fourth-order valence-corrected chi connectivity index (χ4v) is 0.183. The van der Waals surface area contributed by atoms with Crippen molar-refractivity contribution < 1.29 is 10.0 Å². The van der Waals surface area contributed by atoms with Crippen molar-refractivity contribution in [3.8, 4) is 0 Å². The summed E-state index contributed by atoms with van der Waals surface area (Å²) in [4.78, 5) is 0.944. The quantitative estimate of drug-likeness (QED) is 0.325. The molecular formula is C3H9N4O-. The van der Waals surface area contributed by atoms with Gasteiger partial charge in [0.1, 0.15) is 0 Å². The third-order valence-electron chi connectivity index (χ3n) is 0.616. The molecule has 0 atom stereocenters. The minimum atomic E-state index is 0.528. The summed E-state index contributed by atoms with van der Waals surface area (Å²) in [5, 5.41) is 9.09. The van der Waals surface area contributed by atoms with Crippen molar-refractivity contribution >= 4 is 6.72 Å². The average Bonchev–Trinajstić information content (AvgIpc) is 1.84. The van der Waals surface area contributed by atoms with Crippen molar-refractivity contribution in [3.63, 3.8) is 0 Å². The van der Waals surface area contributed by atoms with Crippen LogP contribution < -0.4 is 0 Å². The first-order valence-corrected chi connectivity index (χ1v) is 2.01. The van der Waals surface area contributed by atoms with Crippen LogP contribution in [0.2, 0.25) is 0 Å². The van der Waals surface area contributed by atoms with E-state index in [4.69, 9.17) is 5.21 Å². The van der Waals surface area contributed by atoms with Crippen LogP contribution in [0.25, 0.3) is 10.9 Å². The van der Waals surface area contributed by atoms with Crippen molar-refractivity contribution in [2.24, 2.45) is 0 Å². The smallest absolute Gasteiger partial charge is 0.153 e. The number of hydrazine groups is 1. The van der Waals surface area contributed by atoms with E-state index < -0.39 is 0 Å². The highest BCUT2D eigenvalue weighted by Crippen LogP contribution is 1.90. The van der Waals surface area contributed by atoms with E-state index >= 15 is 0 Å². The zero-order chi connectivity index (χ0) is 6.57. The van der Waals surface area contributed by atoms with Gasteiger partial charge in [0.05, 0.1) is 0 Å². The molecule has 0 rings (SSSR count). The van der Waals surface area contributed by atoms with Gasteiger partial charge in [-0.2, -0.15) is 7.05 Å². The van der Waals surface area contributed by atoms with Gasteiger partial charge < -0.3 is 10.6 Å². The Balaban J connectivity index is 3.46. The van der Waals surface area contributed by atoms with Crippen molar-refractivity contribution in [2.45, 2.75) is 0 Å². The topological polar surface area (TPSA) is 54.7 Å². The van der Waals surface area contributed by atoms with E-state index in [1.54, 1.807) is 0 Å². The molecule has 1 N–H and O–H groups in total. The number of rotatable bonds is 3. The molecule has 0 unspecified atom stereocenters. The lowest BCUT2D eigenvalue weighted by Gasteiger charge is -2.31. The fraction of sp³-hybridized carbons (Fsp3) is 0.667. The van der Waals surface area contributed by atoms with E-state index in [2.05, 4.69) is 17.6 Å². The molecule has 0 fully saturated rings. The van der Waals surface area contributed by atoms with E-state index in [9.17, 15) is 0 Å². The van der Waals surface area contributed by atoms with Gasteiger partial charge in [0.15, 0.2) is 6.72 Å². The Morgan fingerprint density at radius 2 is 2.12 bits per heavy atom. The number of hydrogen-bond donors (Lipinski definition) is 1. The lowest BCUT2D eigenvalue weighted by atomic mass is 11.4. The van der Waals surface area contributed by atoms with Crippen LogP contribution in [0.4, 0.5) is 0 Å². The molecule has 0 aliphatic carbocycles. The molecule has 5 heteroatoms. The number of nitrogens with zero attached hydrogens (tertiary/aromatic N) is 4. The summed E-state index contributed by atoms with van der Waals surface area (Å²) in [6.45, 7) is 3.28. The van der Waals surface area contributed by atoms with E-state index in [0.717, 1.165) is 4.79 Å². The molecule has 0 aromatic heterocycles. The maximum absolute atomic E-state index is 8.56. The van der Waals surface area contributed by atoms with Crippen LogP contribution >= 0.6 is 0 Å². The Morgan fingerprint density at radius 3 is 2.25 bits per heavy atom. The zero-order valence-corrected chi connectivity index (χ0v) is 4.94. The molecule has 0 saturated carbocycles. The lowest BCUT2D eigenvalue weighted by Crippen LogP contribution is -2.22. The van der Waals surface area contributed by atoms with Gasteiger partial charge in [-0.3, -0.25) is 5.28 Å². The van der Waals surface area contributed by atoms with Crippen molar-refractivity contribution in [1.82, 2.24) is 5.28 Å². The Hall–Kier alpha value is -0.810. The van der Waals surface area contributed by atoms with Gasteiger partial charge in [-0.15, -0.1) is 4.79 Å². The van der Waals surface area contributed by atoms with Gasteiger partial charge in [-0.05, 0) is 7.05 Å². The van der Waals surface area contributed by atoms with Gasteiger partial charge in [0.2, 0.25) is 0 Å². The monoisotopic (exact) mass is 117 g/mol. The second-order valence-corrected chi connectivity index (χ2v) is 1.04. The molecule has 0 aliphatic rings. The Labute approximate surface area is 48.1 Å². The molecule has 0 bridgehead atoms. The normalized spacial score (nSPS) is 8.38. The van der Waals surface area contributed by atoms with Crippen LogP contribution in [-0.4, -0.2) is 36.1 Å². The first kappa shape index (κ1) is 7.19. The van der Waals surface area contributed by atoms with Gasteiger partial charge in [-0.25, -0.2) is 5.43 Å². The predicted octanol–water partition coefficient (Wildman–Crippen LogP) is 0.143. The highest BCUT2D eigenvalue weighted by atomic mass is 16.6. The number of hydrogen-bond acceptors (Lipinski definition) is 2. The van der Waals surface area contributed by atoms with Crippen LogP contribution in [0.1, 0.15) is 0 Å². The molecule has 0 radical (unpaired) electrons. The van der Waals surface area contributed by atoms with E-state index in [-0.39, 0.29) is 0 Å². The molecule has 0 aromatic carbocycles. The summed E-state index contributed by atoms with van der Waals surface area (Å²) < 4.78 is 0. The van der Waals surface area contributed by atoms with Gasteiger partial charge in [-0.1, -0.05) is 0 Å². The summed E-state index contributed by atoms with van der Waals surface area (Å²) in [5.74, 6) is 0. The van der Waals surface area contributed by atoms with Crippen LogP contribution in [-0.2, 0) is 0 Å². The van der Waals surface area contributed by atoms with Crippen LogP contribution in [0.5, 0.6) is 0 Å². The zero-order valence-electron chi connectivity index (χ0n) is 4.94. The summed E-state index contributed by atoms with van der Waals surface area (Å²) in [7, 11) is 2.91. The molecular weight excluding hydrogens is 108 g/mol. The minimum absolute atomic E-state index is 0.528. The number of hydrazone groups is 1. The van der Waals surface area contributed by atoms with Crippen LogP contribution in [0, 0.1) is 0 Å². The Kier molecular flexibility index (Phi) is 2.90. The first-order valence-electron chi connectivity index (χ1n) is 2.01. The summed E-state index contributed by atoms with van der Waals surface area (Å²) >= 11 is 0. The van der Waals surface area contributed by atoms with Crippen molar-refractivity contribution in [1.29, 1.82) is 0 Å². The maximum Gasteiger partial charge on any atom is 0.153 e. The standard InChI is InChI=1S/C3H9N4O/c1-4-6(3)7(8)5-2/h8H,3H2,1-2H3/q-1. The fourth-order valence-electron chi connectivity index (χ4n) is 0.183. The predicted molar refractivity (Wildman–Crippen MR) is 29.6 cm³/mol. The second kappa shape index (κ2) is 3.23. The Bertz CT molecular complexity index is 83.4. The highest BCUT2D eigenvalue weighted by Gasteiger charge is 1.80. The van der Waals surface area contributed by atoms with Crippen molar-refractivity contribution in [2.75, 3.05) is 14.1 Å². The summed E-state index contributed by atoms with van der Waals surface area (Å²) in [6.07, 6.45) is 0. The Morgan fingerprint density at radius 1 is 1.62 bits per heavy atom. The average molecular weight is 117 g/mol. The van der Waals surface area contributed by atoms with Gasteiger partial charge in [0.25, 0.3) is 0 Å². The molecule has 0 aromatic rings. The second-order valence-electron chi connectivity index (χ2n) is 1.04. The molecule has 0 amide bonds. The lowest BCUT2D eigenvalue weighted by molar-refractivity contribution is -0.706. The molecule has 0 aliphatic heterocycles. The molecule has 8 heavy (non-hydrogen) atoms. The highest BCUT2D eigenvalue weighted by molar-refractivity contribution is 5.14. The minimum Gasteiger partial charge on any atom is -0.593 e. The summed E-state index contributed by atoms with van der Waals surface area (Å²) in [5.41, 5.74) is 6.78. The van der Waals surface area contributed by atoms with E-state index in [1.165, 1.54) is 14.1 Å². The molecule has 0 saturated heterocycles. The molecule has 48 valence electrons. The molecule has 0 spiro atoms. The van der Waals surface area contributed by atoms with E-state index in [0.29, 0.717) is 5.28 Å². The largest absolute Gasteiger partial charge is 0.593 e. The maximum atomic E-state index is 8.56. The van der Waals surface area contributed by atoms with E-state index in [1.807, 2.05) is 0 Å². The van der Waals surface area contributed by atoms with Gasteiger partial charge in [0, 0.05) is 0 Å².